The molecule has 0 spiro atoms. The van der Waals surface area contributed by atoms with Gasteiger partial charge in [-0.05, 0) is 56.0 Å². The fourth-order valence-corrected chi connectivity index (χ4v) is 5.39. The van der Waals surface area contributed by atoms with Crippen LogP contribution in [0.25, 0.3) is 10.2 Å². The summed E-state index contributed by atoms with van der Waals surface area (Å²) in [5.41, 5.74) is 6.62. The minimum absolute atomic E-state index is 0.141. The number of piperidine rings is 1. The molecule has 1 saturated heterocycles. The molecule has 0 unspecified atom stereocenters. The first kappa shape index (κ1) is 21.7. The van der Waals surface area contributed by atoms with E-state index in [1.165, 1.54) is 4.70 Å². The van der Waals surface area contributed by atoms with Crippen molar-refractivity contribution < 1.29 is 19.4 Å². The average Bonchev–Trinajstić information content (AvgIpc) is 3.27. The predicted octanol–water partition coefficient (Wildman–Crippen LogP) is 5.05. The number of likely N-dealkylation sites (tertiary alicyclic amines) is 1. The number of nitrogens with zero attached hydrogens (tertiary/aromatic N) is 2. The fraction of sp³-hybridized carbons (Fsp3) is 0.417. The van der Waals surface area contributed by atoms with Gasteiger partial charge in [-0.2, -0.15) is 0 Å². The maximum absolute atomic E-state index is 11.3. The maximum atomic E-state index is 11.3. The molecule has 0 radical (unpaired) electrons. The Labute approximate surface area is 186 Å². The highest BCUT2D eigenvalue weighted by molar-refractivity contribution is 7.17. The summed E-state index contributed by atoms with van der Waals surface area (Å²) >= 11 is 1.65. The van der Waals surface area contributed by atoms with E-state index in [1.54, 1.807) is 30.6 Å². The van der Waals surface area contributed by atoms with Crippen molar-refractivity contribution in [2.45, 2.75) is 45.4 Å². The number of carboxylic acid groups (broad SMARTS) is 1. The summed E-state index contributed by atoms with van der Waals surface area (Å²) in [5, 5.41) is 9.26. The first-order valence-corrected chi connectivity index (χ1v) is 11.5. The number of aromatic nitrogens is 1. The topological polar surface area (TPSA) is 71.9 Å². The van der Waals surface area contributed by atoms with Crippen molar-refractivity contribution in [3.05, 3.63) is 58.1 Å². The molecule has 2 heterocycles. The summed E-state index contributed by atoms with van der Waals surface area (Å²) < 4.78 is 12.9. The summed E-state index contributed by atoms with van der Waals surface area (Å²) in [5.74, 6) is -0.0163. The highest BCUT2D eigenvalue weighted by Gasteiger charge is 2.31. The van der Waals surface area contributed by atoms with E-state index in [1.807, 2.05) is 24.6 Å². The van der Waals surface area contributed by atoms with Crippen LogP contribution < -0.4 is 4.74 Å². The van der Waals surface area contributed by atoms with Crippen LogP contribution in [0, 0.1) is 6.92 Å². The minimum atomic E-state index is -0.906. The predicted molar refractivity (Wildman–Crippen MR) is 122 cm³/mol. The van der Waals surface area contributed by atoms with Crippen LogP contribution in [-0.2, 0) is 11.3 Å². The SMILES string of the molecule is CCO[C@H]1CCN(Cc2c(OC)cc(C)c3ncsc23)[C@H](c2ccc(C(=O)O)cc2)C1. The largest absolute Gasteiger partial charge is 0.496 e. The Hall–Kier alpha value is -2.48. The molecule has 0 saturated carbocycles. The molecule has 0 amide bonds. The molecular weight excluding hydrogens is 412 g/mol. The van der Waals surface area contributed by atoms with Gasteiger partial charge in [0.2, 0.25) is 0 Å². The van der Waals surface area contributed by atoms with Gasteiger partial charge in [0.05, 0.1) is 34.5 Å². The van der Waals surface area contributed by atoms with Crippen molar-refractivity contribution in [2.75, 3.05) is 20.3 Å². The van der Waals surface area contributed by atoms with Gasteiger partial charge in [-0.25, -0.2) is 9.78 Å². The number of aromatic carboxylic acids is 1. The zero-order valence-electron chi connectivity index (χ0n) is 18.1. The third kappa shape index (κ3) is 4.44. The van der Waals surface area contributed by atoms with Crippen LogP contribution in [0.2, 0.25) is 0 Å². The average molecular weight is 441 g/mol. The van der Waals surface area contributed by atoms with Crippen LogP contribution in [0.1, 0.15) is 52.9 Å². The molecule has 6 nitrogen and oxygen atoms in total. The van der Waals surface area contributed by atoms with E-state index in [0.717, 1.165) is 53.9 Å². The fourth-order valence-electron chi connectivity index (χ4n) is 4.49. The van der Waals surface area contributed by atoms with E-state index in [0.29, 0.717) is 12.2 Å². The van der Waals surface area contributed by atoms with Crippen LogP contribution in [0.15, 0.2) is 35.8 Å². The van der Waals surface area contributed by atoms with E-state index >= 15 is 0 Å². The Balaban J connectivity index is 1.69. The van der Waals surface area contributed by atoms with Crippen molar-refractivity contribution in [1.29, 1.82) is 0 Å². The molecule has 1 N–H and O–H groups in total. The molecule has 2 atom stereocenters. The van der Waals surface area contributed by atoms with Gasteiger partial charge in [0.15, 0.2) is 0 Å². The van der Waals surface area contributed by atoms with E-state index in [4.69, 9.17) is 9.47 Å². The van der Waals surface area contributed by atoms with Gasteiger partial charge in [0, 0.05) is 31.3 Å². The number of methoxy groups -OCH3 is 1. The molecule has 0 aliphatic carbocycles. The zero-order valence-corrected chi connectivity index (χ0v) is 18.9. The quantitative estimate of drug-likeness (QED) is 0.554. The van der Waals surface area contributed by atoms with Crippen LogP contribution in [0.3, 0.4) is 0 Å². The second-order valence-corrected chi connectivity index (χ2v) is 8.77. The number of rotatable bonds is 7. The molecule has 7 heteroatoms. The van der Waals surface area contributed by atoms with E-state index in [-0.39, 0.29) is 12.1 Å². The number of benzene rings is 2. The van der Waals surface area contributed by atoms with Gasteiger partial charge < -0.3 is 14.6 Å². The Kier molecular flexibility index (Phi) is 6.55. The number of ether oxygens (including phenoxy) is 2. The van der Waals surface area contributed by atoms with Crippen molar-refractivity contribution in [3.8, 4) is 5.75 Å². The molecular formula is C24H28N2O4S. The number of carbonyl (C=O) groups is 1. The van der Waals surface area contributed by atoms with Gasteiger partial charge in [-0.1, -0.05) is 12.1 Å². The van der Waals surface area contributed by atoms with Crippen molar-refractivity contribution in [1.82, 2.24) is 9.88 Å². The summed E-state index contributed by atoms with van der Waals surface area (Å²) in [7, 11) is 1.72. The van der Waals surface area contributed by atoms with Crippen molar-refractivity contribution >= 4 is 27.5 Å². The Bertz CT molecular complexity index is 1060. The highest BCUT2D eigenvalue weighted by atomic mass is 32.1. The lowest BCUT2D eigenvalue weighted by atomic mass is 9.92. The van der Waals surface area contributed by atoms with Gasteiger partial charge in [0.25, 0.3) is 0 Å². The molecule has 1 fully saturated rings. The molecule has 0 bridgehead atoms. The van der Waals surface area contributed by atoms with Gasteiger partial charge in [0.1, 0.15) is 5.75 Å². The summed E-state index contributed by atoms with van der Waals surface area (Å²) in [6, 6.07) is 9.46. The summed E-state index contributed by atoms with van der Waals surface area (Å²) in [4.78, 5) is 18.3. The minimum Gasteiger partial charge on any atom is -0.496 e. The standard InChI is InChI=1S/C24H28N2O4S/c1-4-30-18-9-10-26(20(12-18)16-5-7-17(8-6-16)24(27)28)13-19-21(29-3)11-15(2)22-23(19)31-14-25-22/h5-8,11,14,18,20H,4,9-10,12-13H2,1-3H3,(H,27,28)/t18-,20-/m0/s1. The highest BCUT2D eigenvalue weighted by Crippen LogP contribution is 2.39. The van der Waals surface area contributed by atoms with E-state index < -0.39 is 5.97 Å². The van der Waals surface area contributed by atoms with Crippen LogP contribution in [0.4, 0.5) is 0 Å². The van der Waals surface area contributed by atoms with Crippen LogP contribution in [-0.4, -0.2) is 47.3 Å². The molecule has 1 aliphatic rings. The molecule has 2 aromatic carbocycles. The lowest BCUT2D eigenvalue weighted by Crippen LogP contribution is -2.39. The van der Waals surface area contributed by atoms with Gasteiger partial charge >= 0.3 is 5.97 Å². The first-order valence-electron chi connectivity index (χ1n) is 10.6. The molecule has 4 rings (SSSR count). The van der Waals surface area contributed by atoms with E-state index in [2.05, 4.69) is 22.9 Å². The van der Waals surface area contributed by atoms with Crippen molar-refractivity contribution in [2.24, 2.45) is 0 Å². The number of carboxylic acids is 1. The lowest BCUT2D eigenvalue weighted by molar-refractivity contribution is -0.0138. The second-order valence-electron chi connectivity index (χ2n) is 7.92. The molecule has 3 aromatic rings. The number of fused-ring (bicyclic) bond motifs is 1. The Morgan fingerprint density at radius 3 is 2.77 bits per heavy atom. The van der Waals surface area contributed by atoms with Gasteiger partial charge in [-0.15, -0.1) is 11.3 Å². The monoisotopic (exact) mass is 440 g/mol. The number of aryl methyl sites for hydroxylation is 1. The lowest BCUT2D eigenvalue weighted by Gasteiger charge is -2.40. The number of thiazole rings is 1. The Morgan fingerprint density at radius 2 is 2.10 bits per heavy atom. The number of hydrogen-bond donors (Lipinski definition) is 1. The second kappa shape index (κ2) is 9.34. The summed E-state index contributed by atoms with van der Waals surface area (Å²) in [6.07, 6.45) is 2.05. The molecule has 1 aliphatic heterocycles. The zero-order chi connectivity index (χ0) is 22.0. The van der Waals surface area contributed by atoms with Crippen molar-refractivity contribution in [3.63, 3.8) is 0 Å². The van der Waals surface area contributed by atoms with Crippen LogP contribution >= 0.6 is 11.3 Å². The third-order valence-corrected chi connectivity index (χ3v) is 6.94. The molecule has 31 heavy (non-hydrogen) atoms. The van der Waals surface area contributed by atoms with E-state index in [9.17, 15) is 9.90 Å². The smallest absolute Gasteiger partial charge is 0.335 e. The van der Waals surface area contributed by atoms with Gasteiger partial charge in [-0.3, -0.25) is 4.90 Å². The molecule has 1 aromatic heterocycles. The third-order valence-electron chi connectivity index (χ3n) is 6.05. The summed E-state index contributed by atoms with van der Waals surface area (Å²) in [6.45, 7) is 6.43. The molecule has 164 valence electrons. The normalized spacial score (nSPS) is 19.6. The number of hydrogen-bond acceptors (Lipinski definition) is 6. The maximum Gasteiger partial charge on any atom is 0.335 e. The first-order chi connectivity index (χ1) is 15.0. The van der Waals surface area contributed by atoms with Crippen LogP contribution in [0.5, 0.6) is 5.75 Å². The Morgan fingerprint density at radius 1 is 1.32 bits per heavy atom.